The van der Waals surface area contributed by atoms with E-state index in [1.165, 1.54) is 27.5 Å². The Morgan fingerprint density at radius 1 is 0.857 bits per heavy atom. The van der Waals surface area contributed by atoms with Crippen molar-refractivity contribution in [3.05, 3.63) is 89.8 Å². The number of hydrogen-bond acceptors (Lipinski definition) is 0. The monoisotopic (exact) mass is 270 g/mol. The van der Waals surface area contributed by atoms with Crippen molar-refractivity contribution < 1.29 is 0 Å². The summed E-state index contributed by atoms with van der Waals surface area (Å²) in [5, 5.41) is 2.72. The van der Waals surface area contributed by atoms with E-state index in [9.17, 15) is 0 Å². The third kappa shape index (κ3) is 2.15. The topological polar surface area (TPSA) is 0 Å². The molecule has 0 spiro atoms. The summed E-state index contributed by atoms with van der Waals surface area (Å²) in [7, 11) is 0. The molecular weight excluding hydrogens is 252 g/mol. The highest BCUT2D eigenvalue weighted by Gasteiger charge is 2.27. The Labute approximate surface area is 126 Å². The van der Waals surface area contributed by atoms with Gasteiger partial charge in [-0.15, -0.1) is 0 Å². The molecule has 0 bridgehead atoms. The van der Waals surface area contributed by atoms with Gasteiger partial charge in [-0.2, -0.15) is 0 Å². The molecule has 3 aromatic carbocycles. The Kier molecular flexibility index (Phi) is 3.03. The lowest BCUT2D eigenvalue weighted by Crippen LogP contribution is -2.20. The summed E-state index contributed by atoms with van der Waals surface area (Å²) in [5.74, 6) is 0.969. The van der Waals surface area contributed by atoms with Crippen LogP contribution in [0.2, 0.25) is 0 Å². The molecule has 3 aromatic rings. The van der Waals surface area contributed by atoms with E-state index in [-0.39, 0.29) is 0 Å². The van der Waals surface area contributed by atoms with E-state index in [0.717, 1.165) is 6.42 Å². The molecule has 0 nitrogen and oxygen atoms in total. The van der Waals surface area contributed by atoms with Crippen LogP contribution >= 0.6 is 0 Å². The van der Waals surface area contributed by atoms with Crippen LogP contribution in [0.3, 0.4) is 0 Å². The second-order valence-corrected chi connectivity index (χ2v) is 5.97. The molecule has 0 amide bonds. The largest absolute Gasteiger partial charge is 0.0620 e. The number of fused-ring (bicyclic) bond motifs is 2. The smallest absolute Gasteiger partial charge is 0.0204 e. The van der Waals surface area contributed by atoms with Crippen LogP contribution in [0.1, 0.15) is 29.5 Å². The molecule has 0 heterocycles. The Hall–Kier alpha value is -2.08. The SMILES string of the molecule is CC1[C]c2ccccc2CC1c1cccc2ccccc12. The molecule has 2 radical (unpaired) electrons. The van der Waals surface area contributed by atoms with E-state index in [0.29, 0.717) is 11.8 Å². The van der Waals surface area contributed by atoms with Crippen LogP contribution in [0.4, 0.5) is 0 Å². The number of benzene rings is 3. The van der Waals surface area contributed by atoms with Crippen LogP contribution in [-0.4, -0.2) is 0 Å². The highest BCUT2D eigenvalue weighted by atomic mass is 14.3. The maximum Gasteiger partial charge on any atom is 0.0204 e. The highest BCUT2D eigenvalue weighted by Crippen LogP contribution is 2.40. The number of hydrogen-bond donors (Lipinski definition) is 0. The Bertz CT molecular complexity index is 779. The predicted molar refractivity (Wildman–Crippen MR) is 88.3 cm³/mol. The zero-order valence-corrected chi connectivity index (χ0v) is 12.2. The molecule has 102 valence electrons. The Balaban J connectivity index is 1.82. The Morgan fingerprint density at radius 2 is 1.62 bits per heavy atom. The van der Waals surface area contributed by atoms with Gasteiger partial charge in [-0.25, -0.2) is 0 Å². The van der Waals surface area contributed by atoms with E-state index in [1.807, 2.05) is 0 Å². The van der Waals surface area contributed by atoms with Crippen LogP contribution in [0, 0.1) is 12.3 Å². The van der Waals surface area contributed by atoms with Gasteiger partial charge in [-0.05, 0) is 45.7 Å². The minimum Gasteiger partial charge on any atom is -0.0620 e. The second-order valence-electron chi connectivity index (χ2n) is 5.97. The summed E-state index contributed by atoms with van der Waals surface area (Å²) < 4.78 is 0. The summed E-state index contributed by atoms with van der Waals surface area (Å²) in [4.78, 5) is 0. The van der Waals surface area contributed by atoms with Crippen LogP contribution in [0.15, 0.2) is 66.7 Å². The van der Waals surface area contributed by atoms with Gasteiger partial charge in [-0.3, -0.25) is 0 Å². The van der Waals surface area contributed by atoms with Crippen LogP contribution in [0.5, 0.6) is 0 Å². The predicted octanol–water partition coefficient (Wildman–Crippen LogP) is 5.25. The van der Waals surface area contributed by atoms with Gasteiger partial charge in [0.1, 0.15) is 0 Å². The summed E-state index contributed by atoms with van der Waals surface area (Å²) in [6, 6.07) is 24.1. The first-order chi connectivity index (χ1) is 10.3. The molecule has 0 aliphatic heterocycles. The molecule has 0 saturated heterocycles. The van der Waals surface area contributed by atoms with E-state index < -0.39 is 0 Å². The summed E-state index contributed by atoms with van der Waals surface area (Å²) in [6.45, 7) is 2.29. The van der Waals surface area contributed by atoms with Crippen molar-refractivity contribution in [2.24, 2.45) is 5.92 Å². The maximum absolute atomic E-state index is 3.67. The van der Waals surface area contributed by atoms with Crippen molar-refractivity contribution in [1.29, 1.82) is 0 Å². The van der Waals surface area contributed by atoms with E-state index in [4.69, 9.17) is 0 Å². The fraction of sp³-hybridized carbons (Fsp3) is 0.190. The van der Waals surface area contributed by atoms with Crippen molar-refractivity contribution in [3.8, 4) is 0 Å². The summed E-state index contributed by atoms with van der Waals surface area (Å²) >= 11 is 0. The van der Waals surface area contributed by atoms with Crippen molar-refractivity contribution in [2.45, 2.75) is 19.3 Å². The molecule has 0 saturated carbocycles. The van der Waals surface area contributed by atoms with Crippen molar-refractivity contribution >= 4 is 10.8 Å². The molecule has 21 heavy (non-hydrogen) atoms. The molecule has 0 heteroatoms. The van der Waals surface area contributed by atoms with Crippen molar-refractivity contribution in [3.63, 3.8) is 0 Å². The van der Waals surface area contributed by atoms with Gasteiger partial charge >= 0.3 is 0 Å². The fourth-order valence-electron chi connectivity index (χ4n) is 3.55. The van der Waals surface area contributed by atoms with E-state index >= 15 is 0 Å². The second kappa shape index (κ2) is 5.04. The van der Waals surface area contributed by atoms with Gasteiger partial charge < -0.3 is 0 Å². The molecule has 4 rings (SSSR count). The van der Waals surface area contributed by atoms with Crippen molar-refractivity contribution in [1.82, 2.24) is 0 Å². The van der Waals surface area contributed by atoms with E-state index in [1.54, 1.807) is 0 Å². The van der Waals surface area contributed by atoms with Gasteiger partial charge in [0.15, 0.2) is 0 Å². The summed E-state index contributed by atoms with van der Waals surface area (Å²) in [5.41, 5.74) is 4.18. The standard InChI is InChI=1S/C21H18/c1-15-13-17-8-2-3-9-18(17)14-21(15)20-12-6-10-16-7-4-5-11-19(16)20/h2-12,15,21H,14H2,1H3. The Morgan fingerprint density at radius 3 is 2.57 bits per heavy atom. The molecule has 2 unspecified atom stereocenters. The highest BCUT2D eigenvalue weighted by molar-refractivity contribution is 5.86. The van der Waals surface area contributed by atoms with E-state index in [2.05, 4.69) is 80.1 Å². The third-order valence-electron chi connectivity index (χ3n) is 4.67. The van der Waals surface area contributed by atoms with Crippen LogP contribution in [0.25, 0.3) is 10.8 Å². The van der Waals surface area contributed by atoms with Gasteiger partial charge in [0.2, 0.25) is 0 Å². The molecule has 0 fully saturated rings. The quantitative estimate of drug-likeness (QED) is 0.567. The first-order valence-electron chi connectivity index (χ1n) is 7.65. The minimum absolute atomic E-state index is 0.450. The first-order valence-corrected chi connectivity index (χ1v) is 7.65. The van der Waals surface area contributed by atoms with Gasteiger partial charge in [0.05, 0.1) is 0 Å². The normalized spacial score (nSPS) is 21.2. The zero-order valence-electron chi connectivity index (χ0n) is 12.2. The molecule has 1 aliphatic carbocycles. The average molecular weight is 270 g/mol. The lowest BCUT2D eigenvalue weighted by Gasteiger charge is -2.31. The van der Waals surface area contributed by atoms with Crippen LogP contribution in [-0.2, 0) is 6.42 Å². The maximum atomic E-state index is 3.67. The molecule has 0 N–H and O–H groups in total. The third-order valence-corrected chi connectivity index (χ3v) is 4.67. The number of rotatable bonds is 1. The molecule has 2 atom stereocenters. The van der Waals surface area contributed by atoms with Gasteiger partial charge in [0.25, 0.3) is 0 Å². The average Bonchev–Trinajstić information content (AvgIpc) is 2.54. The lowest BCUT2D eigenvalue weighted by molar-refractivity contribution is 0.501. The summed E-state index contributed by atoms with van der Waals surface area (Å²) in [6.07, 6.45) is 4.78. The van der Waals surface area contributed by atoms with Crippen molar-refractivity contribution in [2.75, 3.05) is 0 Å². The molecular formula is C21H18. The minimum atomic E-state index is 0.450. The molecule has 0 aromatic heterocycles. The zero-order chi connectivity index (χ0) is 14.2. The molecule has 1 aliphatic rings. The van der Waals surface area contributed by atoms with Gasteiger partial charge in [0, 0.05) is 6.42 Å². The fourth-order valence-corrected chi connectivity index (χ4v) is 3.55. The van der Waals surface area contributed by atoms with Gasteiger partial charge in [-0.1, -0.05) is 73.7 Å². The first kappa shape index (κ1) is 12.6. The van der Waals surface area contributed by atoms with Crippen LogP contribution < -0.4 is 0 Å². The lowest BCUT2D eigenvalue weighted by atomic mass is 9.73.